The first kappa shape index (κ1) is 28.4. The van der Waals surface area contributed by atoms with Gasteiger partial charge >= 0.3 is 0 Å². The van der Waals surface area contributed by atoms with Gasteiger partial charge in [0.2, 0.25) is 5.91 Å². The lowest BCUT2D eigenvalue weighted by Crippen LogP contribution is -2.42. The number of carbonyl (C=O) groups excluding carboxylic acids is 2. The van der Waals surface area contributed by atoms with E-state index in [1.165, 1.54) is 7.05 Å². The summed E-state index contributed by atoms with van der Waals surface area (Å²) in [4.78, 5) is 26.7. The van der Waals surface area contributed by atoms with Crippen LogP contribution < -0.4 is 10.6 Å². The molecule has 0 aliphatic heterocycles. The summed E-state index contributed by atoms with van der Waals surface area (Å²) in [5.41, 5.74) is 0.958. The van der Waals surface area contributed by atoms with Crippen LogP contribution in [0.2, 0.25) is 0 Å². The predicted octanol–water partition coefficient (Wildman–Crippen LogP) is 4.91. The molecule has 5 nitrogen and oxygen atoms in total. The molecule has 0 saturated carbocycles. The molecule has 35 heavy (non-hydrogen) atoms. The number of likely N-dealkylation sites (N-methyl/N-ethyl adjacent to an activating group) is 1. The SMILES string of the molecule is CCC(C)(CC)[C@H](CC(=O)NC[C@H](Cc1cc(F)c(C(=O)NC)cc1F)N(C)C)c1ccccc1. The monoisotopic (exact) mass is 487 g/mol. The fraction of sp³-hybridized carbons (Fsp3) is 0.500. The Hall–Kier alpha value is -2.80. The summed E-state index contributed by atoms with van der Waals surface area (Å²) in [5, 5.41) is 5.32. The molecule has 0 aromatic heterocycles. The third kappa shape index (κ3) is 7.34. The van der Waals surface area contributed by atoms with Crippen LogP contribution in [0.4, 0.5) is 8.78 Å². The van der Waals surface area contributed by atoms with Crippen molar-refractivity contribution in [1.82, 2.24) is 15.5 Å². The minimum absolute atomic E-state index is 0.0210. The van der Waals surface area contributed by atoms with E-state index in [0.29, 0.717) is 13.0 Å². The smallest absolute Gasteiger partial charge is 0.254 e. The van der Waals surface area contributed by atoms with Crippen LogP contribution in [0.1, 0.15) is 67.4 Å². The van der Waals surface area contributed by atoms with Crippen LogP contribution in [0.25, 0.3) is 0 Å². The molecule has 0 fully saturated rings. The number of rotatable bonds is 12. The number of hydrogen-bond acceptors (Lipinski definition) is 3. The zero-order valence-corrected chi connectivity index (χ0v) is 21.8. The first-order valence-corrected chi connectivity index (χ1v) is 12.2. The number of nitrogens with zero attached hydrogens (tertiary/aromatic N) is 1. The molecule has 2 aromatic rings. The van der Waals surface area contributed by atoms with Gasteiger partial charge in [0.1, 0.15) is 11.6 Å². The van der Waals surface area contributed by atoms with Crippen LogP contribution in [-0.2, 0) is 11.2 Å². The number of benzene rings is 2. The Morgan fingerprint density at radius 1 is 1.03 bits per heavy atom. The summed E-state index contributed by atoms with van der Waals surface area (Å²) < 4.78 is 29.1. The van der Waals surface area contributed by atoms with Gasteiger partial charge in [0.15, 0.2) is 0 Å². The Kier molecular flexibility index (Phi) is 10.4. The fourth-order valence-electron chi connectivity index (χ4n) is 4.43. The van der Waals surface area contributed by atoms with Gasteiger partial charge in [-0.3, -0.25) is 9.59 Å². The highest BCUT2D eigenvalue weighted by atomic mass is 19.1. The molecule has 0 radical (unpaired) electrons. The molecule has 2 atom stereocenters. The molecule has 0 aliphatic rings. The molecule has 2 rings (SSSR count). The van der Waals surface area contributed by atoms with Gasteiger partial charge in [-0.15, -0.1) is 0 Å². The van der Waals surface area contributed by atoms with E-state index in [1.54, 1.807) is 0 Å². The molecule has 0 heterocycles. The molecule has 2 aromatic carbocycles. The molecule has 0 aliphatic carbocycles. The first-order valence-electron chi connectivity index (χ1n) is 12.2. The summed E-state index contributed by atoms with van der Waals surface area (Å²) in [5.74, 6) is -2.09. The minimum Gasteiger partial charge on any atom is -0.355 e. The normalized spacial score (nSPS) is 13.4. The van der Waals surface area contributed by atoms with Gasteiger partial charge < -0.3 is 15.5 Å². The quantitative estimate of drug-likeness (QED) is 0.447. The van der Waals surface area contributed by atoms with Crippen molar-refractivity contribution in [3.63, 3.8) is 0 Å². The molecule has 7 heteroatoms. The van der Waals surface area contributed by atoms with Gasteiger partial charge in [-0.2, -0.15) is 0 Å². The molecule has 2 N–H and O–H groups in total. The van der Waals surface area contributed by atoms with Crippen LogP contribution in [0.3, 0.4) is 0 Å². The molecule has 2 amide bonds. The maximum absolute atomic E-state index is 14.7. The van der Waals surface area contributed by atoms with Crippen LogP contribution in [0.5, 0.6) is 0 Å². The molecule has 0 spiro atoms. The van der Waals surface area contributed by atoms with Crippen LogP contribution in [-0.4, -0.2) is 50.4 Å². The number of carbonyl (C=O) groups is 2. The van der Waals surface area contributed by atoms with Gasteiger partial charge in [0, 0.05) is 26.1 Å². The molecule has 0 saturated heterocycles. The lowest BCUT2D eigenvalue weighted by atomic mass is 9.68. The van der Waals surface area contributed by atoms with E-state index in [2.05, 4.69) is 43.5 Å². The highest BCUT2D eigenvalue weighted by Crippen LogP contribution is 2.43. The second kappa shape index (κ2) is 12.8. The topological polar surface area (TPSA) is 61.4 Å². The number of hydrogen-bond donors (Lipinski definition) is 2. The summed E-state index contributed by atoms with van der Waals surface area (Å²) in [6.07, 6.45) is 2.45. The molecular weight excluding hydrogens is 448 g/mol. The second-order valence-electron chi connectivity index (χ2n) is 9.66. The number of amides is 2. The van der Waals surface area contributed by atoms with E-state index in [1.807, 2.05) is 37.2 Å². The third-order valence-corrected chi connectivity index (χ3v) is 7.38. The van der Waals surface area contributed by atoms with Gasteiger partial charge in [-0.05, 0) is 55.1 Å². The van der Waals surface area contributed by atoms with Crippen molar-refractivity contribution in [3.8, 4) is 0 Å². The van der Waals surface area contributed by atoms with Crippen molar-refractivity contribution in [1.29, 1.82) is 0 Å². The van der Waals surface area contributed by atoms with Gasteiger partial charge in [-0.25, -0.2) is 8.78 Å². The predicted molar refractivity (Wildman–Crippen MR) is 136 cm³/mol. The van der Waals surface area contributed by atoms with Crippen molar-refractivity contribution in [2.24, 2.45) is 5.41 Å². The average Bonchev–Trinajstić information content (AvgIpc) is 2.86. The Bertz CT molecular complexity index is 991. The Balaban J connectivity index is 2.14. The van der Waals surface area contributed by atoms with Crippen molar-refractivity contribution >= 4 is 11.8 Å². The standard InChI is InChI=1S/C28H39F2N3O2/c1-7-28(3,8-2)23(19-12-10-9-11-13-19)17-26(34)32-18-21(33(5)6)14-20-15-25(30)22(16-24(20)29)27(35)31-4/h9-13,15-16,21,23H,7-8,14,17-18H2,1-6H3,(H,31,35)(H,32,34)/t21-,23+/m0/s1. The van der Waals surface area contributed by atoms with Crippen molar-refractivity contribution in [2.45, 2.75) is 58.4 Å². The van der Waals surface area contributed by atoms with Crippen LogP contribution >= 0.6 is 0 Å². The zero-order valence-electron chi connectivity index (χ0n) is 21.8. The summed E-state index contributed by atoms with van der Waals surface area (Å²) in [6, 6.07) is 11.9. The second-order valence-corrected chi connectivity index (χ2v) is 9.66. The van der Waals surface area contributed by atoms with Crippen molar-refractivity contribution in [2.75, 3.05) is 27.7 Å². The lowest BCUT2D eigenvalue weighted by molar-refractivity contribution is -0.122. The zero-order chi connectivity index (χ0) is 26.2. The fourth-order valence-corrected chi connectivity index (χ4v) is 4.43. The Morgan fingerprint density at radius 2 is 1.66 bits per heavy atom. The van der Waals surface area contributed by atoms with E-state index < -0.39 is 17.5 Å². The lowest BCUT2D eigenvalue weighted by Gasteiger charge is -2.37. The van der Waals surface area contributed by atoms with Crippen LogP contribution in [0.15, 0.2) is 42.5 Å². The average molecular weight is 488 g/mol. The van der Waals surface area contributed by atoms with E-state index in [9.17, 15) is 18.4 Å². The van der Waals surface area contributed by atoms with E-state index >= 15 is 0 Å². The van der Waals surface area contributed by atoms with Gasteiger partial charge in [-0.1, -0.05) is 63.9 Å². The molecule has 192 valence electrons. The van der Waals surface area contributed by atoms with Gasteiger partial charge in [0.25, 0.3) is 5.91 Å². The van der Waals surface area contributed by atoms with E-state index in [-0.39, 0.29) is 40.8 Å². The highest BCUT2D eigenvalue weighted by molar-refractivity contribution is 5.94. The first-order chi connectivity index (χ1) is 16.6. The molecule has 0 bridgehead atoms. The number of halogens is 2. The summed E-state index contributed by atoms with van der Waals surface area (Å²) >= 11 is 0. The minimum atomic E-state index is -0.772. The molecule has 0 unspecified atom stereocenters. The van der Waals surface area contributed by atoms with Crippen molar-refractivity contribution < 1.29 is 18.4 Å². The Labute approximate surface area is 208 Å². The largest absolute Gasteiger partial charge is 0.355 e. The molecular formula is C28H39F2N3O2. The summed E-state index contributed by atoms with van der Waals surface area (Å²) in [7, 11) is 5.04. The maximum atomic E-state index is 14.7. The third-order valence-electron chi connectivity index (χ3n) is 7.38. The Morgan fingerprint density at radius 3 is 2.20 bits per heavy atom. The van der Waals surface area contributed by atoms with Crippen molar-refractivity contribution in [3.05, 3.63) is 70.8 Å². The van der Waals surface area contributed by atoms with Gasteiger partial charge in [0.05, 0.1) is 5.56 Å². The van der Waals surface area contributed by atoms with Crippen LogP contribution in [0, 0.1) is 17.0 Å². The number of nitrogens with one attached hydrogen (secondary N) is 2. The van der Waals surface area contributed by atoms with E-state index in [0.717, 1.165) is 30.5 Å². The maximum Gasteiger partial charge on any atom is 0.254 e. The van der Waals surface area contributed by atoms with E-state index in [4.69, 9.17) is 0 Å². The highest BCUT2D eigenvalue weighted by Gasteiger charge is 2.33. The summed E-state index contributed by atoms with van der Waals surface area (Å²) in [6.45, 7) is 6.83.